The number of urea groups is 1. The van der Waals surface area contributed by atoms with Gasteiger partial charge in [0, 0.05) is 49.0 Å². The Morgan fingerprint density at radius 3 is 2.46 bits per heavy atom. The van der Waals surface area contributed by atoms with Crippen molar-refractivity contribution in [3.63, 3.8) is 0 Å². The summed E-state index contributed by atoms with van der Waals surface area (Å²) < 4.78 is 5.70. The van der Waals surface area contributed by atoms with E-state index in [-0.39, 0.29) is 6.03 Å². The van der Waals surface area contributed by atoms with Crippen molar-refractivity contribution in [1.29, 1.82) is 0 Å². The van der Waals surface area contributed by atoms with Gasteiger partial charge in [0.05, 0.1) is 6.61 Å². The zero-order valence-electron chi connectivity index (χ0n) is 15.0. The second kappa shape index (κ2) is 8.92. The number of anilines is 1. The zero-order chi connectivity index (χ0) is 18.4. The van der Waals surface area contributed by atoms with E-state index < -0.39 is 0 Å². The first-order chi connectivity index (χ1) is 12.7. The second-order valence-electron chi connectivity index (χ2n) is 6.24. The van der Waals surface area contributed by atoms with E-state index in [0.29, 0.717) is 24.7 Å². The van der Waals surface area contributed by atoms with Crippen LogP contribution in [-0.4, -0.2) is 48.6 Å². The van der Waals surface area contributed by atoms with Crippen LogP contribution in [0.4, 0.5) is 10.5 Å². The Hall–Kier alpha value is -2.24. The molecule has 1 fully saturated rings. The van der Waals surface area contributed by atoms with Crippen molar-refractivity contribution in [3.8, 4) is 5.75 Å². The van der Waals surface area contributed by atoms with Crippen LogP contribution < -0.4 is 10.1 Å². The summed E-state index contributed by atoms with van der Waals surface area (Å²) in [6.45, 7) is 6.59. The number of rotatable bonds is 5. The van der Waals surface area contributed by atoms with Crippen LogP contribution in [0, 0.1) is 0 Å². The summed E-state index contributed by atoms with van der Waals surface area (Å²) in [4.78, 5) is 16.6. The highest BCUT2D eigenvalue weighted by Crippen LogP contribution is 2.21. The van der Waals surface area contributed by atoms with Crippen molar-refractivity contribution in [1.82, 2.24) is 9.80 Å². The summed E-state index contributed by atoms with van der Waals surface area (Å²) in [6, 6.07) is 15.2. The number of para-hydroxylation sites is 1. The Morgan fingerprint density at radius 1 is 1.08 bits per heavy atom. The number of nitrogens with zero attached hydrogens (tertiary/aromatic N) is 2. The average molecular weight is 374 g/mol. The zero-order valence-corrected chi connectivity index (χ0v) is 15.7. The molecule has 3 rings (SSSR count). The Labute approximate surface area is 159 Å². The van der Waals surface area contributed by atoms with Gasteiger partial charge in [0.2, 0.25) is 0 Å². The third kappa shape index (κ3) is 4.90. The van der Waals surface area contributed by atoms with Gasteiger partial charge >= 0.3 is 6.03 Å². The normalized spacial score (nSPS) is 14.9. The maximum Gasteiger partial charge on any atom is 0.321 e. The molecule has 0 unspecified atom stereocenters. The molecule has 1 aliphatic rings. The van der Waals surface area contributed by atoms with Crippen LogP contribution in [0.15, 0.2) is 48.5 Å². The van der Waals surface area contributed by atoms with E-state index in [4.69, 9.17) is 16.3 Å². The molecule has 0 bridgehead atoms. The van der Waals surface area contributed by atoms with Gasteiger partial charge in [-0.2, -0.15) is 0 Å². The van der Waals surface area contributed by atoms with E-state index in [1.807, 2.05) is 30.0 Å². The summed E-state index contributed by atoms with van der Waals surface area (Å²) in [5, 5.41) is 3.58. The van der Waals surface area contributed by atoms with E-state index >= 15 is 0 Å². The maximum atomic E-state index is 12.4. The van der Waals surface area contributed by atoms with E-state index in [0.717, 1.165) is 31.1 Å². The molecule has 5 nitrogen and oxygen atoms in total. The minimum absolute atomic E-state index is 0.0679. The van der Waals surface area contributed by atoms with Crippen LogP contribution in [0.2, 0.25) is 5.02 Å². The molecule has 26 heavy (non-hydrogen) atoms. The molecular weight excluding hydrogens is 350 g/mol. The fraction of sp³-hybridized carbons (Fsp3) is 0.350. The quantitative estimate of drug-likeness (QED) is 0.858. The van der Waals surface area contributed by atoms with Gasteiger partial charge in [0.1, 0.15) is 5.75 Å². The number of halogens is 1. The second-order valence-corrected chi connectivity index (χ2v) is 6.68. The van der Waals surface area contributed by atoms with E-state index in [9.17, 15) is 4.79 Å². The third-order valence-electron chi connectivity index (χ3n) is 4.42. The van der Waals surface area contributed by atoms with E-state index in [1.165, 1.54) is 5.56 Å². The summed E-state index contributed by atoms with van der Waals surface area (Å²) in [5.74, 6) is 0.943. The molecule has 0 spiro atoms. The minimum Gasteiger partial charge on any atom is -0.494 e. The summed E-state index contributed by atoms with van der Waals surface area (Å²) >= 11 is 5.87. The highest BCUT2D eigenvalue weighted by Gasteiger charge is 2.21. The molecule has 0 saturated carbocycles. The molecule has 2 amide bonds. The summed E-state index contributed by atoms with van der Waals surface area (Å²) in [7, 11) is 0. The van der Waals surface area contributed by atoms with Gasteiger partial charge in [0.15, 0.2) is 0 Å². The maximum absolute atomic E-state index is 12.4. The van der Waals surface area contributed by atoms with Gasteiger partial charge in [-0.15, -0.1) is 0 Å². The van der Waals surface area contributed by atoms with Gasteiger partial charge in [-0.05, 0) is 37.3 Å². The number of nitrogens with one attached hydrogen (secondary N) is 1. The molecule has 1 N–H and O–H groups in total. The minimum atomic E-state index is -0.0679. The lowest BCUT2D eigenvalue weighted by atomic mass is 10.1. The molecule has 0 aromatic heterocycles. The number of carbonyl (C=O) groups excluding carboxylic acids is 1. The monoisotopic (exact) mass is 373 g/mol. The van der Waals surface area contributed by atoms with Crippen molar-refractivity contribution in [2.24, 2.45) is 0 Å². The topological polar surface area (TPSA) is 44.8 Å². The third-order valence-corrected chi connectivity index (χ3v) is 4.67. The number of carbonyl (C=O) groups is 1. The molecule has 1 heterocycles. The van der Waals surface area contributed by atoms with Gasteiger partial charge in [0.25, 0.3) is 0 Å². The Morgan fingerprint density at radius 2 is 1.77 bits per heavy atom. The molecule has 1 aliphatic heterocycles. The molecule has 138 valence electrons. The predicted octanol–water partition coefficient (Wildman–Crippen LogP) is 4.09. The average Bonchev–Trinajstić information content (AvgIpc) is 2.66. The van der Waals surface area contributed by atoms with E-state index in [1.54, 1.807) is 24.3 Å². The highest BCUT2D eigenvalue weighted by molar-refractivity contribution is 6.30. The standard InChI is InChI=1S/C20H24ClN3O2/c1-2-26-19-6-4-3-5-16(19)15-23-11-13-24(14-12-23)20(25)22-18-9-7-17(21)8-10-18/h3-10H,2,11-15H2,1H3,(H,22,25). The van der Waals surface area contributed by atoms with Crippen molar-refractivity contribution in [3.05, 3.63) is 59.1 Å². The molecule has 0 atom stereocenters. The molecule has 2 aromatic carbocycles. The number of piperazine rings is 1. The van der Waals surface area contributed by atoms with Crippen LogP contribution in [-0.2, 0) is 6.54 Å². The van der Waals surface area contributed by atoms with Crippen LogP contribution in [0.1, 0.15) is 12.5 Å². The van der Waals surface area contributed by atoms with Crippen LogP contribution in [0.5, 0.6) is 5.75 Å². The summed E-state index contributed by atoms with van der Waals surface area (Å²) in [5.41, 5.74) is 1.95. The number of benzene rings is 2. The Balaban J connectivity index is 1.51. The number of ether oxygens (including phenoxy) is 1. The van der Waals surface area contributed by atoms with Crippen LogP contribution >= 0.6 is 11.6 Å². The van der Waals surface area contributed by atoms with Crippen LogP contribution in [0.25, 0.3) is 0 Å². The van der Waals surface area contributed by atoms with Crippen molar-refractivity contribution < 1.29 is 9.53 Å². The number of amides is 2. The molecule has 0 aliphatic carbocycles. The first-order valence-corrected chi connectivity index (χ1v) is 9.28. The lowest BCUT2D eigenvalue weighted by molar-refractivity contribution is 0.142. The smallest absolute Gasteiger partial charge is 0.321 e. The largest absolute Gasteiger partial charge is 0.494 e. The fourth-order valence-electron chi connectivity index (χ4n) is 3.02. The van der Waals surface area contributed by atoms with Gasteiger partial charge in [-0.1, -0.05) is 29.8 Å². The number of hydrogen-bond donors (Lipinski definition) is 1. The Kier molecular flexibility index (Phi) is 6.36. The fourth-order valence-corrected chi connectivity index (χ4v) is 3.14. The van der Waals surface area contributed by atoms with E-state index in [2.05, 4.69) is 16.3 Å². The van der Waals surface area contributed by atoms with Gasteiger partial charge in [-0.3, -0.25) is 4.90 Å². The Bertz CT molecular complexity index is 728. The lowest BCUT2D eigenvalue weighted by Gasteiger charge is -2.35. The molecular formula is C20H24ClN3O2. The first-order valence-electron chi connectivity index (χ1n) is 8.90. The predicted molar refractivity (Wildman–Crippen MR) is 105 cm³/mol. The molecule has 6 heteroatoms. The van der Waals surface area contributed by atoms with Gasteiger partial charge in [-0.25, -0.2) is 4.79 Å². The van der Waals surface area contributed by atoms with Crippen molar-refractivity contribution in [2.45, 2.75) is 13.5 Å². The molecule has 2 aromatic rings. The van der Waals surface area contributed by atoms with Gasteiger partial charge < -0.3 is 15.0 Å². The molecule has 0 radical (unpaired) electrons. The van der Waals surface area contributed by atoms with Crippen molar-refractivity contribution in [2.75, 3.05) is 38.1 Å². The summed E-state index contributed by atoms with van der Waals surface area (Å²) in [6.07, 6.45) is 0. The first kappa shape index (κ1) is 18.5. The lowest BCUT2D eigenvalue weighted by Crippen LogP contribution is -2.49. The van der Waals surface area contributed by atoms with Crippen molar-refractivity contribution >= 4 is 23.3 Å². The SMILES string of the molecule is CCOc1ccccc1CN1CCN(C(=O)Nc2ccc(Cl)cc2)CC1. The van der Waals surface area contributed by atoms with Crippen LogP contribution in [0.3, 0.4) is 0 Å². The highest BCUT2D eigenvalue weighted by atomic mass is 35.5. The molecule has 1 saturated heterocycles. The number of hydrogen-bond acceptors (Lipinski definition) is 3.